The van der Waals surface area contributed by atoms with Crippen LogP contribution in [0.4, 0.5) is 24.5 Å². The molecule has 0 amide bonds. The zero-order chi connectivity index (χ0) is 24.7. The number of halogens is 4. The molecule has 0 unspecified atom stereocenters. The maximum absolute atomic E-state index is 13.3. The van der Waals surface area contributed by atoms with E-state index >= 15 is 0 Å². The highest BCUT2D eigenvalue weighted by molar-refractivity contribution is 7.90. The van der Waals surface area contributed by atoms with Crippen LogP contribution in [-0.2, 0) is 16.2 Å². The molecule has 0 spiro atoms. The van der Waals surface area contributed by atoms with Gasteiger partial charge in [0.2, 0.25) is 5.88 Å². The van der Waals surface area contributed by atoms with E-state index in [-0.39, 0.29) is 16.2 Å². The van der Waals surface area contributed by atoms with Gasteiger partial charge in [-0.3, -0.25) is 4.79 Å². The molecule has 0 saturated heterocycles. The molecule has 0 aliphatic rings. The number of pyridine rings is 1. The van der Waals surface area contributed by atoms with Crippen molar-refractivity contribution in [3.05, 3.63) is 77.1 Å². The van der Waals surface area contributed by atoms with Gasteiger partial charge in [-0.2, -0.15) is 18.2 Å². The molecule has 4 aromatic rings. The van der Waals surface area contributed by atoms with Crippen molar-refractivity contribution in [3.63, 3.8) is 0 Å². The number of alkyl halides is 3. The number of hydrogen-bond donors (Lipinski definition) is 1. The number of carbonyl (C=O) groups is 1. The summed E-state index contributed by atoms with van der Waals surface area (Å²) in [5, 5.41) is 3.39. The van der Waals surface area contributed by atoms with Crippen LogP contribution in [0.3, 0.4) is 0 Å². The lowest BCUT2D eigenvalue weighted by Gasteiger charge is -2.12. The predicted molar refractivity (Wildman–Crippen MR) is 120 cm³/mol. The quantitative estimate of drug-likeness (QED) is 0.272. The van der Waals surface area contributed by atoms with Gasteiger partial charge in [0.05, 0.1) is 28.8 Å². The summed E-state index contributed by atoms with van der Waals surface area (Å²) in [6.07, 6.45) is -3.18. The van der Waals surface area contributed by atoms with Crippen molar-refractivity contribution in [3.8, 4) is 5.88 Å². The Morgan fingerprint density at radius 1 is 1.12 bits per heavy atom. The average molecular weight is 510 g/mol. The van der Waals surface area contributed by atoms with Crippen LogP contribution in [0, 0.1) is 0 Å². The Kier molecular flexibility index (Phi) is 6.00. The van der Waals surface area contributed by atoms with E-state index in [1.165, 1.54) is 19.2 Å². The smallest absolute Gasteiger partial charge is 0.416 e. The molecule has 4 rings (SSSR count). The average Bonchev–Trinajstić information content (AvgIpc) is 3.18. The van der Waals surface area contributed by atoms with Gasteiger partial charge < -0.3 is 10.1 Å². The van der Waals surface area contributed by atoms with Gasteiger partial charge in [-0.05, 0) is 36.4 Å². The molecule has 12 heteroatoms. The topological polar surface area (TPSA) is 90.3 Å². The summed E-state index contributed by atoms with van der Waals surface area (Å²) in [4.78, 5) is 15.0. The van der Waals surface area contributed by atoms with Gasteiger partial charge in [0.1, 0.15) is 0 Å². The first-order chi connectivity index (χ1) is 16.0. The first-order valence-electron chi connectivity index (χ1n) is 9.55. The summed E-state index contributed by atoms with van der Waals surface area (Å²) >= 11 is 6.15. The molecule has 2 heterocycles. The summed E-state index contributed by atoms with van der Waals surface area (Å²) in [6.45, 7) is 0. The molecule has 1 N–H and O–H groups in total. The minimum Gasteiger partial charge on any atom is -0.481 e. The maximum atomic E-state index is 13.3. The van der Waals surface area contributed by atoms with Gasteiger partial charge in [0.25, 0.3) is 10.0 Å². The van der Waals surface area contributed by atoms with E-state index < -0.39 is 26.7 Å². The van der Waals surface area contributed by atoms with Crippen LogP contribution in [0.2, 0.25) is 5.15 Å². The second kappa shape index (κ2) is 8.65. The van der Waals surface area contributed by atoms with Crippen LogP contribution in [0.25, 0.3) is 10.9 Å². The minimum atomic E-state index is -4.72. The molecule has 0 radical (unpaired) electrons. The maximum Gasteiger partial charge on any atom is 0.416 e. The molecule has 0 fully saturated rings. The van der Waals surface area contributed by atoms with Gasteiger partial charge >= 0.3 is 6.18 Å². The van der Waals surface area contributed by atoms with Crippen LogP contribution in [0.15, 0.2) is 65.7 Å². The Morgan fingerprint density at radius 3 is 2.53 bits per heavy atom. The summed E-state index contributed by atoms with van der Waals surface area (Å²) in [7, 11) is -3.04. The SMILES string of the molecule is COc1ccc(Nc2ccc3c(C=O)cn(S(=O)(=O)c4cccc(C(F)(F)F)c4)c3c2)c(Cl)n1. The number of ether oxygens (including phenoxy) is 1. The highest BCUT2D eigenvalue weighted by Gasteiger charge is 2.32. The summed E-state index contributed by atoms with van der Waals surface area (Å²) in [6, 6.07) is 11.1. The normalized spacial score (nSPS) is 12.0. The lowest BCUT2D eigenvalue weighted by Crippen LogP contribution is -2.14. The second-order valence-electron chi connectivity index (χ2n) is 7.08. The number of rotatable bonds is 6. The van der Waals surface area contributed by atoms with E-state index in [1.54, 1.807) is 18.2 Å². The van der Waals surface area contributed by atoms with E-state index in [4.69, 9.17) is 16.3 Å². The minimum absolute atomic E-state index is 0.0567. The molecule has 0 aliphatic heterocycles. The number of fused-ring (bicyclic) bond motifs is 1. The number of aromatic nitrogens is 2. The first kappa shape index (κ1) is 23.6. The standard InChI is InChI=1S/C22H15ClF3N3O4S/c1-33-20-8-7-18(21(23)28-20)27-15-5-6-17-13(12-30)11-29(19(17)10-15)34(31,32)16-4-2-3-14(9-16)22(24,25)26/h2-12,27H,1H3. The highest BCUT2D eigenvalue weighted by atomic mass is 35.5. The third kappa shape index (κ3) is 4.31. The molecule has 0 bridgehead atoms. The van der Waals surface area contributed by atoms with Crippen molar-refractivity contribution in [2.75, 3.05) is 12.4 Å². The van der Waals surface area contributed by atoms with Gasteiger partial charge in [0.15, 0.2) is 11.4 Å². The third-order valence-electron chi connectivity index (χ3n) is 4.96. The Hall–Kier alpha value is -3.57. The number of nitrogens with zero attached hydrogens (tertiary/aromatic N) is 2. The van der Waals surface area contributed by atoms with Crippen molar-refractivity contribution < 1.29 is 31.1 Å². The van der Waals surface area contributed by atoms with Gasteiger partial charge in [-0.25, -0.2) is 12.4 Å². The number of methoxy groups -OCH3 is 1. The summed E-state index contributed by atoms with van der Waals surface area (Å²) in [5.41, 5.74) is -0.165. The summed E-state index contributed by atoms with van der Waals surface area (Å²) in [5.74, 6) is 0.294. The van der Waals surface area contributed by atoms with E-state index in [2.05, 4.69) is 10.3 Å². The number of carbonyl (C=O) groups excluding carboxylic acids is 1. The number of anilines is 2. The van der Waals surface area contributed by atoms with E-state index in [9.17, 15) is 26.4 Å². The molecule has 0 saturated carbocycles. The third-order valence-corrected chi connectivity index (χ3v) is 6.92. The Labute approximate surface area is 196 Å². The zero-order valence-corrected chi connectivity index (χ0v) is 18.9. The largest absolute Gasteiger partial charge is 0.481 e. The zero-order valence-electron chi connectivity index (χ0n) is 17.3. The number of nitrogens with one attached hydrogen (secondary N) is 1. The fraction of sp³-hybridized carbons (Fsp3) is 0.0909. The fourth-order valence-electron chi connectivity index (χ4n) is 3.32. The Balaban J connectivity index is 1.83. The molecule has 176 valence electrons. The van der Waals surface area contributed by atoms with Gasteiger partial charge in [-0.15, -0.1) is 0 Å². The van der Waals surface area contributed by atoms with E-state index in [1.807, 2.05) is 0 Å². The molecule has 0 aliphatic carbocycles. The molecule has 0 atom stereocenters. The van der Waals surface area contributed by atoms with Crippen molar-refractivity contribution in [1.29, 1.82) is 0 Å². The van der Waals surface area contributed by atoms with E-state index in [0.717, 1.165) is 28.4 Å². The lowest BCUT2D eigenvalue weighted by molar-refractivity contribution is -0.137. The van der Waals surface area contributed by atoms with Crippen molar-refractivity contribution >= 4 is 50.2 Å². The number of benzene rings is 2. The second-order valence-corrected chi connectivity index (χ2v) is 9.25. The monoisotopic (exact) mass is 509 g/mol. The number of hydrogen-bond acceptors (Lipinski definition) is 6. The Bertz CT molecular complexity index is 1520. The Morgan fingerprint density at radius 2 is 1.88 bits per heavy atom. The van der Waals surface area contributed by atoms with Crippen LogP contribution >= 0.6 is 11.6 Å². The summed E-state index contributed by atoms with van der Waals surface area (Å²) < 4.78 is 71.7. The molecule has 2 aromatic carbocycles. The predicted octanol–water partition coefficient (Wildman–Crippen LogP) is 5.51. The van der Waals surface area contributed by atoms with E-state index in [0.29, 0.717) is 35.0 Å². The van der Waals surface area contributed by atoms with Crippen molar-refractivity contribution in [2.45, 2.75) is 11.1 Å². The van der Waals surface area contributed by atoms with Crippen LogP contribution in [0.5, 0.6) is 5.88 Å². The first-order valence-corrected chi connectivity index (χ1v) is 11.4. The molecule has 34 heavy (non-hydrogen) atoms. The van der Waals surface area contributed by atoms with Crippen LogP contribution in [-0.4, -0.2) is 30.8 Å². The van der Waals surface area contributed by atoms with Crippen LogP contribution in [0.1, 0.15) is 15.9 Å². The highest BCUT2D eigenvalue weighted by Crippen LogP contribution is 2.33. The molecular weight excluding hydrogens is 495 g/mol. The number of aldehydes is 1. The van der Waals surface area contributed by atoms with Crippen molar-refractivity contribution in [2.24, 2.45) is 0 Å². The lowest BCUT2D eigenvalue weighted by atomic mass is 10.2. The van der Waals surface area contributed by atoms with Gasteiger partial charge in [0, 0.05) is 28.9 Å². The molecule has 2 aromatic heterocycles. The van der Waals surface area contributed by atoms with Crippen LogP contribution < -0.4 is 10.1 Å². The van der Waals surface area contributed by atoms with Gasteiger partial charge in [-0.1, -0.05) is 23.7 Å². The molecular formula is C22H15ClF3N3O4S. The fourth-order valence-corrected chi connectivity index (χ4v) is 4.93. The molecule has 7 nitrogen and oxygen atoms in total. The van der Waals surface area contributed by atoms with Crippen molar-refractivity contribution in [1.82, 2.24) is 8.96 Å².